The van der Waals surface area contributed by atoms with Crippen LogP contribution in [0, 0.1) is 5.41 Å². The van der Waals surface area contributed by atoms with Crippen LogP contribution in [0.25, 0.3) is 0 Å². The fourth-order valence-electron chi connectivity index (χ4n) is 7.00. The number of nitrogens with zero attached hydrogens (tertiary/aromatic N) is 3. The lowest BCUT2D eigenvalue weighted by Crippen LogP contribution is -2.47. The molecule has 4 nitrogen and oxygen atoms in total. The first kappa shape index (κ1) is 29.6. The predicted octanol–water partition coefficient (Wildman–Crippen LogP) is 7.50. The van der Waals surface area contributed by atoms with Crippen LogP contribution in [-0.4, -0.2) is 63.9 Å². The molecule has 3 aliphatic rings. The lowest BCUT2D eigenvalue weighted by atomic mass is 9.66. The van der Waals surface area contributed by atoms with Gasteiger partial charge in [-0.15, -0.1) is 12.4 Å². The van der Waals surface area contributed by atoms with Crippen LogP contribution in [0.3, 0.4) is 0 Å². The maximum Gasteiger partial charge on any atom is 0.0605 e. The molecule has 2 heterocycles. The van der Waals surface area contributed by atoms with Gasteiger partial charge in [0.1, 0.15) is 0 Å². The van der Waals surface area contributed by atoms with Crippen molar-refractivity contribution in [3.63, 3.8) is 0 Å². The average molecular weight is 520 g/mol. The largest absolute Gasteiger partial charge is 0.381 e. The standard InChI is InChI=1S/C31H53N3O.ClH/c1-5-8-9-18-32-21-23-34(24-22-32)30-11-10-27(33-19-14-28(35-4)15-20-33)25-29(30)26-12-16-31(6-2,7-3)17-13-26;/h10-11,25-26,28H,5-9,12-24H2,1-4H3;1H. The Morgan fingerprint density at radius 3 is 2.08 bits per heavy atom. The molecular formula is C31H54ClN3O. The Morgan fingerprint density at radius 2 is 1.50 bits per heavy atom. The number of piperidine rings is 1. The third-order valence-electron chi connectivity index (χ3n) is 9.93. The highest BCUT2D eigenvalue weighted by Crippen LogP contribution is 2.49. The minimum atomic E-state index is 0. The number of piperazine rings is 1. The van der Waals surface area contributed by atoms with Crippen LogP contribution in [0.5, 0.6) is 0 Å². The van der Waals surface area contributed by atoms with Crippen molar-refractivity contribution in [2.24, 2.45) is 5.41 Å². The quantitative estimate of drug-likeness (QED) is 0.298. The van der Waals surface area contributed by atoms with Gasteiger partial charge in [-0.3, -0.25) is 4.90 Å². The molecule has 0 bridgehead atoms. The van der Waals surface area contributed by atoms with Crippen molar-refractivity contribution in [3.05, 3.63) is 23.8 Å². The molecule has 206 valence electrons. The maximum atomic E-state index is 5.64. The first-order valence-electron chi connectivity index (χ1n) is 15.0. The fraction of sp³-hybridized carbons (Fsp3) is 0.806. The van der Waals surface area contributed by atoms with Gasteiger partial charge < -0.3 is 14.5 Å². The summed E-state index contributed by atoms with van der Waals surface area (Å²) in [6.45, 7) is 15.4. The summed E-state index contributed by atoms with van der Waals surface area (Å²) in [5.41, 5.74) is 5.23. The summed E-state index contributed by atoms with van der Waals surface area (Å²) in [5.74, 6) is 0.718. The van der Waals surface area contributed by atoms with E-state index < -0.39 is 0 Å². The Hall–Kier alpha value is -0.970. The molecule has 3 fully saturated rings. The van der Waals surface area contributed by atoms with E-state index in [1.165, 1.54) is 96.2 Å². The molecule has 36 heavy (non-hydrogen) atoms. The third kappa shape index (κ3) is 7.11. The topological polar surface area (TPSA) is 19.0 Å². The smallest absolute Gasteiger partial charge is 0.0605 e. The number of ether oxygens (including phenoxy) is 1. The molecule has 4 rings (SSSR count). The molecule has 5 heteroatoms. The van der Waals surface area contributed by atoms with Crippen molar-refractivity contribution in [2.75, 3.05) is 62.7 Å². The molecule has 1 saturated carbocycles. The summed E-state index contributed by atoms with van der Waals surface area (Å²) in [4.78, 5) is 8.02. The van der Waals surface area contributed by atoms with Crippen LogP contribution in [-0.2, 0) is 4.74 Å². The Bertz CT molecular complexity index is 757. The van der Waals surface area contributed by atoms with Gasteiger partial charge in [-0.1, -0.05) is 46.5 Å². The second-order valence-electron chi connectivity index (χ2n) is 11.7. The van der Waals surface area contributed by atoms with Crippen LogP contribution in [0.4, 0.5) is 11.4 Å². The summed E-state index contributed by atoms with van der Waals surface area (Å²) >= 11 is 0. The van der Waals surface area contributed by atoms with Crippen LogP contribution in [0.2, 0.25) is 0 Å². The molecule has 0 atom stereocenters. The Labute approximate surface area is 228 Å². The first-order valence-corrected chi connectivity index (χ1v) is 15.0. The van der Waals surface area contributed by atoms with E-state index in [4.69, 9.17) is 4.74 Å². The summed E-state index contributed by atoms with van der Waals surface area (Å²) < 4.78 is 5.64. The van der Waals surface area contributed by atoms with Gasteiger partial charge in [0.25, 0.3) is 0 Å². The van der Waals surface area contributed by atoms with E-state index in [2.05, 4.69) is 53.7 Å². The summed E-state index contributed by atoms with van der Waals surface area (Å²) in [5, 5.41) is 0. The molecule has 0 radical (unpaired) electrons. The van der Waals surface area contributed by atoms with Gasteiger partial charge in [-0.05, 0) is 86.6 Å². The van der Waals surface area contributed by atoms with Crippen molar-refractivity contribution < 1.29 is 4.74 Å². The van der Waals surface area contributed by atoms with Crippen LogP contribution < -0.4 is 9.80 Å². The SMILES string of the molecule is CCCCCN1CCN(c2ccc(N3CCC(OC)CC3)cc2C2CCC(CC)(CC)CC2)CC1.Cl. The normalized spacial score (nSPS) is 22.0. The number of benzene rings is 1. The van der Waals surface area contributed by atoms with Gasteiger partial charge in [-0.25, -0.2) is 0 Å². The molecule has 1 aromatic carbocycles. The number of unbranched alkanes of at least 4 members (excludes halogenated alkanes) is 2. The second-order valence-corrected chi connectivity index (χ2v) is 11.7. The van der Waals surface area contributed by atoms with E-state index in [9.17, 15) is 0 Å². The van der Waals surface area contributed by atoms with Crippen LogP contribution >= 0.6 is 12.4 Å². The highest BCUT2D eigenvalue weighted by molar-refractivity contribution is 5.85. The number of hydrogen-bond acceptors (Lipinski definition) is 4. The molecule has 0 aromatic heterocycles. The van der Waals surface area contributed by atoms with Crippen LogP contribution in [0.15, 0.2) is 18.2 Å². The van der Waals surface area contributed by atoms with Gasteiger partial charge in [0.05, 0.1) is 6.10 Å². The molecule has 0 amide bonds. The Balaban J connectivity index is 0.00000361. The van der Waals surface area contributed by atoms with Crippen molar-refractivity contribution in [1.82, 2.24) is 4.90 Å². The number of hydrogen-bond donors (Lipinski definition) is 0. The molecule has 0 unspecified atom stereocenters. The second kappa shape index (κ2) is 14.3. The van der Waals surface area contributed by atoms with E-state index >= 15 is 0 Å². The molecule has 2 saturated heterocycles. The number of anilines is 2. The maximum absolute atomic E-state index is 5.64. The lowest BCUT2D eigenvalue weighted by molar-refractivity contribution is 0.0819. The minimum Gasteiger partial charge on any atom is -0.381 e. The fourth-order valence-corrected chi connectivity index (χ4v) is 7.00. The average Bonchev–Trinajstić information content (AvgIpc) is 2.93. The summed E-state index contributed by atoms with van der Waals surface area (Å²) in [6, 6.07) is 7.51. The van der Waals surface area contributed by atoms with E-state index in [-0.39, 0.29) is 12.4 Å². The molecule has 0 N–H and O–H groups in total. The minimum absolute atomic E-state index is 0. The molecule has 1 aliphatic carbocycles. The van der Waals surface area contributed by atoms with E-state index in [1.807, 2.05) is 7.11 Å². The van der Waals surface area contributed by atoms with Gasteiger partial charge >= 0.3 is 0 Å². The molecule has 1 aromatic rings. The zero-order chi connectivity index (χ0) is 24.7. The number of methoxy groups -OCH3 is 1. The van der Waals surface area contributed by atoms with E-state index in [1.54, 1.807) is 11.3 Å². The number of rotatable bonds is 10. The van der Waals surface area contributed by atoms with Crippen molar-refractivity contribution in [3.8, 4) is 0 Å². The summed E-state index contributed by atoms with van der Waals surface area (Å²) in [7, 11) is 1.87. The van der Waals surface area contributed by atoms with E-state index in [0.29, 0.717) is 11.5 Å². The highest BCUT2D eigenvalue weighted by atomic mass is 35.5. The Kier molecular flexibility index (Phi) is 11.7. The van der Waals surface area contributed by atoms with Crippen molar-refractivity contribution in [2.45, 2.75) is 103 Å². The van der Waals surface area contributed by atoms with Gasteiger partial charge in [-0.2, -0.15) is 0 Å². The zero-order valence-electron chi connectivity index (χ0n) is 23.8. The highest BCUT2D eigenvalue weighted by Gasteiger charge is 2.34. The summed E-state index contributed by atoms with van der Waals surface area (Å²) in [6.07, 6.45) is 15.0. The Morgan fingerprint density at radius 1 is 0.833 bits per heavy atom. The van der Waals surface area contributed by atoms with Gasteiger partial charge in [0, 0.05) is 57.8 Å². The predicted molar refractivity (Wildman–Crippen MR) is 158 cm³/mol. The monoisotopic (exact) mass is 519 g/mol. The van der Waals surface area contributed by atoms with Crippen molar-refractivity contribution >= 4 is 23.8 Å². The van der Waals surface area contributed by atoms with E-state index in [0.717, 1.165) is 31.8 Å². The van der Waals surface area contributed by atoms with Crippen LogP contribution in [0.1, 0.15) is 103 Å². The first-order chi connectivity index (χ1) is 17.1. The van der Waals surface area contributed by atoms with Crippen molar-refractivity contribution in [1.29, 1.82) is 0 Å². The van der Waals surface area contributed by atoms with Gasteiger partial charge in [0.15, 0.2) is 0 Å². The number of halogens is 1. The molecular weight excluding hydrogens is 466 g/mol. The molecule has 2 aliphatic heterocycles. The molecule has 0 spiro atoms. The lowest BCUT2D eigenvalue weighted by Gasteiger charge is -2.42. The zero-order valence-corrected chi connectivity index (χ0v) is 24.6. The third-order valence-corrected chi connectivity index (χ3v) is 9.93. The van der Waals surface area contributed by atoms with Gasteiger partial charge in [0.2, 0.25) is 0 Å².